The summed E-state index contributed by atoms with van der Waals surface area (Å²) in [6.45, 7) is 3.19. The second kappa shape index (κ2) is 5.34. The van der Waals surface area contributed by atoms with Gasteiger partial charge in [0, 0.05) is 20.1 Å². The smallest absolute Gasteiger partial charge is 0.242 e. The Hall–Kier alpha value is -1.63. The van der Waals surface area contributed by atoms with E-state index in [-0.39, 0.29) is 17.2 Å². The first-order chi connectivity index (χ1) is 8.65. The van der Waals surface area contributed by atoms with E-state index in [1.165, 1.54) is 0 Å². The van der Waals surface area contributed by atoms with Gasteiger partial charge in [0.2, 0.25) is 23.1 Å². The quantitative estimate of drug-likeness (QED) is 0.821. The molecule has 8 heteroatoms. The maximum Gasteiger partial charge on any atom is 0.242 e. The second-order valence-corrected chi connectivity index (χ2v) is 4.22. The second-order valence-electron chi connectivity index (χ2n) is 3.89. The molecule has 1 unspecified atom stereocenters. The van der Waals surface area contributed by atoms with Gasteiger partial charge in [-0.2, -0.15) is 15.0 Å². The van der Waals surface area contributed by atoms with Crippen LogP contribution in [-0.4, -0.2) is 47.0 Å². The lowest BCUT2D eigenvalue weighted by Gasteiger charge is -2.34. The molecule has 1 atom stereocenters. The lowest BCUT2D eigenvalue weighted by molar-refractivity contribution is -0.123. The molecular formula is C10H15ClN6O. The van der Waals surface area contributed by atoms with Gasteiger partial charge in [-0.3, -0.25) is 4.79 Å². The molecule has 18 heavy (non-hydrogen) atoms. The number of anilines is 2. The summed E-state index contributed by atoms with van der Waals surface area (Å²) in [5, 5.41) is 5.76. The van der Waals surface area contributed by atoms with Crippen molar-refractivity contribution in [1.29, 1.82) is 0 Å². The van der Waals surface area contributed by atoms with Crippen molar-refractivity contribution in [2.45, 2.75) is 19.4 Å². The molecule has 1 fully saturated rings. The third kappa shape index (κ3) is 2.45. The molecule has 1 aromatic rings. The van der Waals surface area contributed by atoms with Crippen LogP contribution < -0.4 is 15.5 Å². The van der Waals surface area contributed by atoms with Crippen LogP contribution in [0.1, 0.15) is 13.3 Å². The molecule has 0 radical (unpaired) electrons. The Morgan fingerprint density at radius 2 is 2.28 bits per heavy atom. The summed E-state index contributed by atoms with van der Waals surface area (Å²) in [5.74, 6) is 0.818. The van der Waals surface area contributed by atoms with Gasteiger partial charge in [0.15, 0.2) is 0 Å². The standard InChI is InChI=1S/C10H15ClN6O/c1-3-6-7(18)13-4-5-17(6)10-15-8(11)14-9(12-2)16-10/h6H,3-5H2,1-2H3,(H,13,18)(H,12,14,15,16). The summed E-state index contributed by atoms with van der Waals surface area (Å²) >= 11 is 5.85. The van der Waals surface area contributed by atoms with Crippen LogP contribution in [0.4, 0.5) is 11.9 Å². The molecule has 2 heterocycles. The van der Waals surface area contributed by atoms with Crippen LogP contribution >= 0.6 is 11.6 Å². The van der Waals surface area contributed by atoms with Crippen LogP contribution in [0.25, 0.3) is 0 Å². The van der Waals surface area contributed by atoms with E-state index in [4.69, 9.17) is 11.6 Å². The van der Waals surface area contributed by atoms with Crippen LogP contribution in [0.2, 0.25) is 5.28 Å². The van der Waals surface area contributed by atoms with Gasteiger partial charge in [0.25, 0.3) is 0 Å². The number of carbonyl (C=O) groups is 1. The van der Waals surface area contributed by atoms with E-state index in [2.05, 4.69) is 25.6 Å². The van der Waals surface area contributed by atoms with Crippen LogP contribution in [-0.2, 0) is 4.79 Å². The van der Waals surface area contributed by atoms with E-state index in [0.29, 0.717) is 31.4 Å². The molecule has 0 aliphatic carbocycles. The van der Waals surface area contributed by atoms with Crippen LogP contribution in [0.15, 0.2) is 0 Å². The van der Waals surface area contributed by atoms with Crippen molar-refractivity contribution in [2.24, 2.45) is 0 Å². The lowest BCUT2D eigenvalue weighted by atomic mass is 10.1. The number of nitrogens with one attached hydrogen (secondary N) is 2. The fourth-order valence-corrected chi connectivity index (χ4v) is 2.10. The van der Waals surface area contributed by atoms with Gasteiger partial charge in [0.1, 0.15) is 6.04 Å². The number of nitrogens with zero attached hydrogens (tertiary/aromatic N) is 4. The highest BCUT2D eigenvalue weighted by Crippen LogP contribution is 2.19. The number of amides is 1. The minimum absolute atomic E-state index is 0.00806. The van der Waals surface area contributed by atoms with Gasteiger partial charge in [-0.05, 0) is 18.0 Å². The monoisotopic (exact) mass is 270 g/mol. The Labute approximate surface area is 110 Å². The lowest BCUT2D eigenvalue weighted by Crippen LogP contribution is -2.55. The maximum atomic E-state index is 11.8. The highest BCUT2D eigenvalue weighted by Gasteiger charge is 2.30. The van der Waals surface area contributed by atoms with E-state index < -0.39 is 0 Å². The van der Waals surface area contributed by atoms with Crippen molar-refractivity contribution in [2.75, 3.05) is 30.4 Å². The molecule has 0 saturated carbocycles. The van der Waals surface area contributed by atoms with E-state index in [1.54, 1.807) is 7.05 Å². The van der Waals surface area contributed by atoms with Gasteiger partial charge in [0.05, 0.1) is 0 Å². The molecule has 0 spiro atoms. The number of carbonyl (C=O) groups excluding carboxylic acids is 1. The number of piperazine rings is 1. The summed E-state index contributed by atoms with van der Waals surface area (Å²) in [7, 11) is 1.70. The Bertz CT molecular complexity index is 454. The van der Waals surface area contributed by atoms with E-state index >= 15 is 0 Å². The predicted molar refractivity (Wildman–Crippen MR) is 68.8 cm³/mol. The van der Waals surface area contributed by atoms with Crippen molar-refractivity contribution in [1.82, 2.24) is 20.3 Å². The molecular weight excluding hydrogens is 256 g/mol. The molecule has 1 aromatic heterocycles. The van der Waals surface area contributed by atoms with E-state index in [1.807, 2.05) is 11.8 Å². The number of rotatable bonds is 3. The zero-order valence-electron chi connectivity index (χ0n) is 10.3. The first-order valence-corrected chi connectivity index (χ1v) is 6.17. The minimum atomic E-state index is -0.262. The van der Waals surface area contributed by atoms with Crippen LogP contribution in [0.5, 0.6) is 0 Å². The topological polar surface area (TPSA) is 83.0 Å². The summed E-state index contributed by atoms with van der Waals surface area (Å²) in [5.41, 5.74) is 0. The molecule has 1 saturated heterocycles. The molecule has 7 nitrogen and oxygen atoms in total. The van der Waals surface area contributed by atoms with Gasteiger partial charge in [-0.25, -0.2) is 0 Å². The summed E-state index contributed by atoms with van der Waals surface area (Å²) in [4.78, 5) is 25.9. The molecule has 1 amide bonds. The van der Waals surface area contributed by atoms with E-state index in [0.717, 1.165) is 0 Å². The SMILES string of the molecule is CCC1C(=O)NCCN1c1nc(Cl)nc(NC)n1. The van der Waals surface area contributed by atoms with Crippen molar-refractivity contribution >= 4 is 29.4 Å². The van der Waals surface area contributed by atoms with Crippen LogP contribution in [0, 0.1) is 0 Å². The number of halogens is 1. The fraction of sp³-hybridized carbons (Fsp3) is 0.600. The third-order valence-corrected chi connectivity index (χ3v) is 2.96. The van der Waals surface area contributed by atoms with Gasteiger partial charge >= 0.3 is 0 Å². The summed E-state index contributed by atoms with van der Waals surface area (Å²) < 4.78 is 0. The molecule has 2 rings (SSSR count). The largest absolute Gasteiger partial charge is 0.357 e. The molecule has 2 N–H and O–H groups in total. The number of hydrogen-bond donors (Lipinski definition) is 2. The number of aromatic nitrogens is 3. The Balaban J connectivity index is 2.34. The average Bonchev–Trinajstić information content (AvgIpc) is 2.37. The van der Waals surface area contributed by atoms with Gasteiger partial charge in [-0.15, -0.1) is 0 Å². The summed E-state index contributed by atoms with van der Waals surface area (Å²) in [6, 6.07) is -0.262. The Kier molecular flexibility index (Phi) is 3.81. The number of hydrogen-bond acceptors (Lipinski definition) is 6. The maximum absolute atomic E-state index is 11.8. The van der Waals surface area contributed by atoms with Gasteiger partial charge < -0.3 is 15.5 Å². The zero-order chi connectivity index (χ0) is 13.1. The molecule has 1 aliphatic heterocycles. The van der Waals surface area contributed by atoms with Crippen molar-refractivity contribution < 1.29 is 4.79 Å². The fourth-order valence-electron chi connectivity index (χ4n) is 1.94. The Morgan fingerprint density at radius 3 is 2.94 bits per heavy atom. The first kappa shape index (κ1) is 12.8. The molecule has 98 valence electrons. The van der Waals surface area contributed by atoms with Crippen molar-refractivity contribution in [3.63, 3.8) is 0 Å². The van der Waals surface area contributed by atoms with Gasteiger partial charge in [-0.1, -0.05) is 6.92 Å². The summed E-state index contributed by atoms with van der Waals surface area (Å²) in [6.07, 6.45) is 0.685. The normalized spacial score (nSPS) is 19.6. The average molecular weight is 271 g/mol. The molecule has 0 aromatic carbocycles. The highest BCUT2D eigenvalue weighted by atomic mass is 35.5. The highest BCUT2D eigenvalue weighted by molar-refractivity contribution is 6.28. The van der Waals surface area contributed by atoms with Crippen molar-refractivity contribution in [3.05, 3.63) is 5.28 Å². The third-order valence-electron chi connectivity index (χ3n) is 2.79. The predicted octanol–water partition coefficient (Wildman–Crippen LogP) is 0.281. The van der Waals surface area contributed by atoms with Crippen LogP contribution in [0.3, 0.4) is 0 Å². The minimum Gasteiger partial charge on any atom is -0.357 e. The first-order valence-electron chi connectivity index (χ1n) is 5.79. The zero-order valence-corrected chi connectivity index (χ0v) is 11.0. The molecule has 0 bridgehead atoms. The Morgan fingerprint density at radius 1 is 1.50 bits per heavy atom. The van der Waals surface area contributed by atoms with E-state index in [9.17, 15) is 4.79 Å². The van der Waals surface area contributed by atoms with Crippen molar-refractivity contribution in [3.8, 4) is 0 Å². The molecule has 1 aliphatic rings.